The van der Waals surface area contributed by atoms with Gasteiger partial charge in [-0.2, -0.15) is 0 Å². The van der Waals surface area contributed by atoms with Crippen LogP contribution >= 0.6 is 11.6 Å². The van der Waals surface area contributed by atoms with E-state index in [0.29, 0.717) is 27.8 Å². The fourth-order valence-electron chi connectivity index (χ4n) is 3.04. The molecule has 0 atom stereocenters. The second-order valence-electron chi connectivity index (χ2n) is 7.60. The molecule has 174 valence electrons. The number of amides is 1. The lowest BCUT2D eigenvalue weighted by Gasteiger charge is -2.12. The van der Waals surface area contributed by atoms with E-state index < -0.39 is 0 Å². The number of nitrogens with one attached hydrogen (secondary N) is 1. The molecule has 3 aromatic carbocycles. The molecule has 7 heteroatoms. The van der Waals surface area contributed by atoms with Gasteiger partial charge in [0, 0.05) is 16.1 Å². The van der Waals surface area contributed by atoms with Crippen LogP contribution in [-0.4, -0.2) is 26.1 Å². The van der Waals surface area contributed by atoms with E-state index in [2.05, 4.69) is 29.1 Å². The Morgan fingerprint density at radius 2 is 1.38 bits per heavy atom. The molecule has 6 nitrogen and oxygen atoms in total. The number of aromatic hydroxyl groups is 2. The van der Waals surface area contributed by atoms with Gasteiger partial charge in [0.05, 0.1) is 18.3 Å². The first-order chi connectivity index (χ1) is 16.4. The summed E-state index contributed by atoms with van der Waals surface area (Å²) in [6.45, 7) is 4.25. The van der Waals surface area contributed by atoms with Crippen molar-refractivity contribution in [3.05, 3.63) is 89.6 Å². The molecule has 0 bridgehead atoms. The molecule has 1 amide bonds. The number of carbonyl (C=O) groups is 1. The highest BCUT2D eigenvalue weighted by molar-refractivity contribution is 6.30. The van der Waals surface area contributed by atoms with Crippen LogP contribution in [0.4, 0.5) is 5.82 Å². The molecular weight excluding hydrogens is 450 g/mol. The second-order valence-corrected chi connectivity index (χ2v) is 8.04. The summed E-state index contributed by atoms with van der Waals surface area (Å²) in [5.74, 6) is 0.350. The van der Waals surface area contributed by atoms with E-state index in [1.54, 1.807) is 79.0 Å². The minimum absolute atomic E-state index is 0.125. The van der Waals surface area contributed by atoms with Gasteiger partial charge in [0.15, 0.2) is 5.82 Å². The Bertz CT molecular complexity index is 1230. The van der Waals surface area contributed by atoms with Crippen LogP contribution in [0.15, 0.2) is 79.0 Å². The summed E-state index contributed by atoms with van der Waals surface area (Å²) in [5.41, 5.74) is 3.33. The fraction of sp³-hybridized carbons (Fsp3) is 0.148. The van der Waals surface area contributed by atoms with Crippen molar-refractivity contribution in [2.24, 2.45) is 0 Å². The van der Waals surface area contributed by atoms with Gasteiger partial charge in [-0.1, -0.05) is 44.0 Å². The molecular formula is C27H26ClN3O3. The average Bonchev–Trinajstić information content (AvgIpc) is 2.82. The number of nitrogens with zero attached hydrogens (tertiary/aromatic N) is 2. The van der Waals surface area contributed by atoms with Gasteiger partial charge in [0.1, 0.15) is 17.2 Å². The summed E-state index contributed by atoms with van der Waals surface area (Å²) in [4.78, 5) is 21.7. The van der Waals surface area contributed by atoms with E-state index in [0.717, 1.165) is 11.1 Å². The van der Waals surface area contributed by atoms with Crippen LogP contribution in [0.3, 0.4) is 0 Å². The minimum atomic E-state index is -0.242. The highest BCUT2D eigenvalue weighted by Gasteiger charge is 2.15. The molecule has 0 aliphatic carbocycles. The summed E-state index contributed by atoms with van der Waals surface area (Å²) < 4.78 is 0. The Kier molecular flexibility index (Phi) is 8.60. The Hall–Kier alpha value is -3.90. The molecule has 0 saturated carbocycles. The maximum Gasteiger partial charge on any atom is 0.230 e. The molecule has 0 radical (unpaired) electrons. The molecule has 0 fully saturated rings. The number of benzene rings is 3. The number of aromatic nitrogens is 2. The van der Waals surface area contributed by atoms with Crippen LogP contribution in [0.25, 0.3) is 22.5 Å². The summed E-state index contributed by atoms with van der Waals surface area (Å²) >= 11 is 5.90. The number of phenolic OH excluding ortho intramolecular Hbond substituents is 2. The van der Waals surface area contributed by atoms with Crippen molar-refractivity contribution in [3.63, 3.8) is 0 Å². The zero-order chi connectivity index (χ0) is 24.5. The van der Waals surface area contributed by atoms with Crippen LogP contribution in [0.1, 0.15) is 25.8 Å². The van der Waals surface area contributed by atoms with E-state index in [1.807, 2.05) is 0 Å². The van der Waals surface area contributed by atoms with Gasteiger partial charge >= 0.3 is 0 Å². The second kappa shape index (κ2) is 11.8. The van der Waals surface area contributed by atoms with E-state index in [-0.39, 0.29) is 23.8 Å². The fourth-order valence-corrected chi connectivity index (χ4v) is 3.16. The van der Waals surface area contributed by atoms with Crippen molar-refractivity contribution in [1.29, 1.82) is 0 Å². The van der Waals surface area contributed by atoms with Crippen molar-refractivity contribution in [3.8, 4) is 34.0 Å². The zero-order valence-corrected chi connectivity index (χ0v) is 19.8. The predicted molar refractivity (Wildman–Crippen MR) is 136 cm³/mol. The molecule has 3 N–H and O–H groups in total. The Morgan fingerprint density at radius 1 is 0.853 bits per heavy atom. The lowest BCUT2D eigenvalue weighted by molar-refractivity contribution is -0.115. The summed E-state index contributed by atoms with van der Waals surface area (Å²) in [7, 11) is 0. The van der Waals surface area contributed by atoms with Crippen molar-refractivity contribution < 1.29 is 15.0 Å². The first kappa shape index (κ1) is 24.7. The lowest BCUT2D eigenvalue weighted by atomic mass is 10.1. The van der Waals surface area contributed by atoms with Gasteiger partial charge in [0.2, 0.25) is 5.91 Å². The molecule has 0 aliphatic rings. The number of halogens is 1. The van der Waals surface area contributed by atoms with Gasteiger partial charge in [-0.05, 0) is 66.2 Å². The summed E-state index contributed by atoms with van der Waals surface area (Å²) in [5, 5.41) is 22.6. The van der Waals surface area contributed by atoms with Crippen LogP contribution < -0.4 is 5.32 Å². The highest BCUT2D eigenvalue weighted by Crippen LogP contribution is 2.29. The van der Waals surface area contributed by atoms with E-state index in [4.69, 9.17) is 11.6 Å². The number of hydrogen-bond acceptors (Lipinski definition) is 5. The third-order valence-electron chi connectivity index (χ3n) is 4.61. The van der Waals surface area contributed by atoms with E-state index in [9.17, 15) is 15.0 Å². The molecule has 1 heterocycles. The van der Waals surface area contributed by atoms with Gasteiger partial charge in [-0.25, -0.2) is 9.97 Å². The number of hydrogen-bond donors (Lipinski definition) is 3. The van der Waals surface area contributed by atoms with Gasteiger partial charge in [-0.15, -0.1) is 0 Å². The summed E-state index contributed by atoms with van der Waals surface area (Å²) in [6, 6.07) is 20.2. The average molecular weight is 476 g/mol. The van der Waals surface area contributed by atoms with Crippen LogP contribution in [0, 0.1) is 0 Å². The first-order valence-electron chi connectivity index (χ1n) is 10.9. The lowest BCUT2D eigenvalue weighted by Crippen LogP contribution is -2.16. The normalized spacial score (nSPS) is 10.2. The van der Waals surface area contributed by atoms with Crippen molar-refractivity contribution in [1.82, 2.24) is 9.97 Å². The number of phenols is 2. The smallest absolute Gasteiger partial charge is 0.230 e. The number of rotatable bonds is 5. The summed E-state index contributed by atoms with van der Waals surface area (Å²) in [6.07, 6.45) is 2.97. The topological polar surface area (TPSA) is 95.3 Å². The zero-order valence-electron chi connectivity index (χ0n) is 19.0. The monoisotopic (exact) mass is 475 g/mol. The molecule has 0 unspecified atom stereocenters. The molecule has 4 rings (SSSR count). The predicted octanol–water partition coefficient (Wildman–Crippen LogP) is 6.47. The maximum atomic E-state index is 12.6. The van der Waals surface area contributed by atoms with Crippen LogP contribution in [-0.2, 0) is 11.2 Å². The third kappa shape index (κ3) is 6.80. The number of anilines is 1. The number of carbonyl (C=O) groups excluding carboxylic acids is 1. The quantitative estimate of drug-likeness (QED) is 0.307. The van der Waals surface area contributed by atoms with Crippen LogP contribution in [0.5, 0.6) is 11.5 Å². The van der Waals surface area contributed by atoms with Crippen molar-refractivity contribution >= 4 is 23.3 Å². The molecule has 4 aromatic rings. The Morgan fingerprint density at radius 3 is 1.94 bits per heavy atom. The maximum absolute atomic E-state index is 12.6. The van der Waals surface area contributed by atoms with Gasteiger partial charge in [-0.3, -0.25) is 4.79 Å². The molecule has 34 heavy (non-hydrogen) atoms. The Labute approximate surface area is 203 Å². The first-order valence-corrected chi connectivity index (χ1v) is 11.3. The molecule has 0 spiro atoms. The minimum Gasteiger partial charge on any atom is -0.508 e. The standard InChI is InChI=1S/C24H18ClN3O3.C3H8/c25-18-7-1-15(2-8-18)13-22(31)28-24-23(17-5-11-20(30)12-6-17)27-21(14-26-24)16-3-9-19(29)10-4-16;1-3-2/h1-12,14,29-30H,13H2,(H,26,28,31);3H2,1-2H3. The van der Waals surface area contributed by atoms with Crippen molar-refractivity contribution in [2.75, 3.05) is 5.32 Å². The highest BCUT2D eigenvalue weighted by atomic mass is 35.5. The van der Waals surface area contributed by atoms with Gasteiger partial charge in [0.25, 0.3) is 0 Å². The van der Waals surface area contributed by atoms with Crippen LogP contribution in [0.2, 0.25) is 5.02 Å². The molecule has 0 saturated heterocycles. The molecule has 0 aliphatic heterocycles. The van der Waals surface area contributed by atoms with E-state index >= 15 is 0 Å². The molecule has 1 aromatic heterocycles. The SMILES string of the molecule is CCC.O=C(Cc1ccc(Cl)cc1)Nc1ncc(-c2ccc(O)cc2)nc1-c1ccc(O)cc1. The van der Waals surface area contributed by atoms with Crippen molar-refractivity contribution in [2.45, 2.75) is 26.7 Å². The Balaban J connectivity index is 0.00000103. The van der Waals surface area contributed by atoms with E-state index in [1.165, 1.54) is 6.42 Å². The largest absolute Gasteiger partial charge is 0.508 e. The van der Waals surface area contributed by atoms with Gasteiger partial charge < -0.3 is 15.5 Å². The third-order valence-corrected chi connectivity index (χ3v) is 4.86.